The fourth-order valence-corrected chi connectivity index (χ4v) is 5.78. The number of rotatable bonds is 6. The van der Waals surface area contributed by atoms with Crippen LogP contribution in [0.5, 0.6) is 0 Å². The number of nitrogens with zero attached hydrogens (tertiary/aromatic N) is 1. The van der Waals surface area contributed by atoms with E-state index in [1.807, 2.05) is 50.2 Å². The summed E-state index contributed by atoms with van der Waals surface area (Å²) in [5, 5.41) is 3.09. The standard InChI is InChI=1S/C26H28N2O3S/c1-19-15-16-20(2)25(17-19)28(32(30,31)22-11-4-3-5-12-22)18-26(29)27-24-14-8-10-21-9-6-7-13-23(21)24/h3-7,9,11-13,15-17,24H,8,10,14,18H2,1-2H3,(H,27,29). The first kappa shape index (κ1) is 22.1. The van der Waals surface area contributed by atoms with E-state index in [4.69, 9.17) is 0 Å². The maximum absolute atomic E-state index is 13.6. The minimum Gasteiger partial charge on any atom is -0.348 e. The quantitative estimate of drug-likeness (QED) is 0.595. The summed E-state index contributed by atoms with van der Waals surface area (Å²) in [6, 6.07) is 21.9. The number of sulfonamides is 1. The second-order valence-electron chi connectivity index (χ2n) is 8.33. The Kier molecular flexibility index (Phi) is 6.33. The Balaban J connectivity index is 1.66. The Morgan fingerprint density at radius 3 is 2.50 bits per heavy atom. The molecule has 1 atom stereocenters. The summed E-state index contributed by atoms with van der Waals surface area (Å²) in [7, 11) is -3.92. The number of amides is 1. The first-order chi connectivity index (χ1) is 15.4. The molecule has 1 N–H and O–H groups in total. The first-order valence-corrected chi connectivity index (χ1v) is 12.3. The van der Waals surface area contributed by atoms with Crippen molar-refractivity contribution in [2.24, 2.45) is 0 Å². The molecule has 1 aliphatic rings. The van der Waals surface area contributed by atoms with Gasteiger partial charge in [0.15, 0.2) is 0 Å². The third-order valence-electron chi connectivity index (χ3n) is 5.96. The van der Waals surface area contributed by atoms with E-state index in [1.165, 1.54) is 9.87 Å². The van der Waals surface area contributed by atoms with Crippen LogP contribution in [0.15, 0.2) is 77.7 Å². The van der Waals surface area contributed by atoms with Gasteiger partial charge in [-0.25, -0.2) is 8.42 Å². The molecule has 32 heavy (non-hydrogen) atoms. The molecule has 0 aliphatic heterocycles. The molecule has 4 rings (SSSR count). The molecule has 1 aliphatic carbocycles. The zero-order valence-corrected chi connectivity index (χ0v) is 19.2. The summed E-state index contributed by atoms with van der Waals surface area (Å²) < 4.78 is 28.4. The number of carbonyl (C=O) groups excluding carboxylic acids is 1. The summed E-state index contributed by atoms with van der Waals surface area (Å²) in [6.45, 7) is 3.49. The van der Waals surface area contributed by atoms with E-state index in [0.717, 1.165) is 36.0 Å². The lowest BCUT2D eigenvalue weighted by molar-refractivity contribution is -0.120. The fraction of sp³-hybridized carbons (Fsp3) is 0.269. The number of aryl methyl sites for hydroxylation is 3. The van der Waals surface area contributed by atoms with Gasteiger partial charge in [0, 0.05) is 0 Å². The van der Waals surface area contributed by atoms with Gasteiger partial charge in [-0.15, -0.1) is 0 Å². The molecule has 0 heterocycles. The highest BCUT2D eigenvalue weighted by atomic mass is 32.2. The maximum Gasteiger partial charge on any atom is 0.264 e. The summed E-state index contributed by atoms with van der Waals surface area (Å²) in [6.07, 6.45) is 2.84. The maximum atomic E-state index is 13.6. The average Bonchev–Trinajstić information content (AvgIpc) is 2.80. The van der Waals surface area contributed by atoms with E-state index in [-0.39, 0.29) is 23.4 Å². The van der Waals surface area contributed by atoms with Crippen LogP contribution in [0.25, 0.3) is 0 Å². The smallest absolute Gasteiger partial charge is 0.264 e. The van der Waals surface area contributed by atoms with Gasteiger partial charge < -0.3 is 5.32 Å². The molecule has 0 bridgehead atoms. The van der Waals surface area contributed by atoms with Crippen LogP contribution < -0.4 is 9.62 Å². The number of carbonyl (C=O) groups is 1. The molecule has 5 nitrogen and oxygen atoms in total. The Bertz CT molecular complexity index is 1220. The van der Waals surface area contributed by atoms with Crippen LogP contribution in [0.4, 0.5) is 5.69 Å². The Morgan fingerprint density at radius 2 is 1.72 bits per heavy atom. The number of fused-ring (bicyclic) bond motifs is 1. The second-order valence-corrected chi connectivity index (χ2v) is 10.2. The van der Waals surface area contributed by atoms with Crippen molar-refractivity contribution in [2.45, 2.75) is 44.0 Å². The minimum atomic E-state index is -3.92. The number of nitrogens with one attached hydrogen (secondary N) is 1. The molecule has 1 unspecified atom stereocenters. The van der Waals surface area contributed by atoms with Gasteiger partial charge in [0.1, 0.15) is 6.54 Å². The van der Waals surface area contributed by atoms with Crippen molar-refractivity contribution >= 4 is 21.6 Å². The van der Waals surface area contributed by atoms with Gasteiger partial charge in [-0.1, -0.05) is 54.6 Å². The van der Waals surface area contributed by atoms with Crippen molar-refractivity contribution in [1.82, 2.24) is 5.32 Å². The molecule has 0 saturated carbocycles. The fourth-order valence-electron chi connectivity index (χ4n) is 4.28. The van der Waals surface area contributed by atoms with Gasteiger partial charge in [0.25, 0.3) is 10.0 Å². The molecule has 0 spiro atoms. The number of anilines is 1. The van der Waals surface area contributed by atoms with Crippen molar-refractivity contribution in [3.8, 4) is 0 Å². The minimum absolute atomic E-state index is 0.104. The first-order valence-electron chi connectivity index (χ1n) is 10.9. The van der Waals surface area contributed by atoms with Crippen molar-refractivity contribution in [3.63, 3.8) is 0 Å². The summed E-state index contributed by atoms with van der Waals surface area (Å²) in [5.74, 6) is -0.313. The lowest BCUT2D eigenvalue weighted by Crippen LogP contribution is -2.42. The summed E-state index contributed by atoms with van der Waals surface area (Å²) >= 11 is 0. The number of hydrogen-bond acceptors (Lipinski definition) is 3. The van der Waals surface area contributed by atoms with Crippen molar-refractivity contribution < 1.29 is 13.2 Å². The zero-order valence-electron chi connectivity index (χ0n) is 18.4. The van der Waals surface area contributed by atoms with Gasteiger partial charge in [-0.2, -0.15) is 0 Å². The van der Waals surface area contributed by atoms with Gasteiger partial charge in [-0.05, 0) is 73.6 Å². The average molecular weight is 449 g/mol. The molecule has 3 aromatic rings. The van der Waals surface area contributed by atoms with E-state index < -0.39 is 10.0 Å². The normalized spacial score (nSPS) is 15.6. The molecule has 166 valence electrons. The topological polar surface area (TPSA) is 66.5 Å². The lowest BCUT2D eigenvalue weighted by Gasteiger charge is -2.29. The molecular formula is C26H28N2O3S. The number of hydrogen-bond donors (Lipinski definition) is 1. The highest BCUT2D eigenvalue weighted by molar-refractivity contribution is 7.92. The molecular weight excluding hydrogens is 420 g/mol. The predicted octanol–water partition coefficient (Wildman–Crippen LogP) is 4.69. The molecule has 0 aromatic heterocycles. The molecule has 0 radical (unpaired) electrons. The predicted molar refractivity (Wildman–Crippen MR) is 127 cm³/mol. The van der Waals surface area contributed by atoms with Crippen molar-refractivity contribution in [2.75, 3.05) is 10.8 Å². The Morgan fingerprint density at radius 1 is 1.00 bits per heavy atom. The molecule has 6 heteroatoms. The molecule has 1 amide bonds. The summed E-state index contributed by atoms with van der Waals surface area (Å²) in [4.78, 5) is 13.3. The number of benzene rings is 3. The van der Waals surface area contributed by atoms with Crippen LogP contribution in [0.3, 0.4) is 0 Å². The van der Waals surface area contributed by atoms with Crippen LogP contribution >= 0.6 is 0 Å². The highest BCUT2D eigenvalue weighted by Crippen LogP contribution is 2.31. The molecule has 3 aromatic carbocycles. The van der Waals surface area contributed by atoms with Crippen LogP contribution in [-0.2, 0) is 21.2 Å². The Hall–Kier alpha value is -3.12. The van der Waals surface area contributed by atoms with Crippen LogP contribution in [-0.4, -0.2) is 20.9 Å². The van der Waals surface area contributed by atoms with Crippen molar-refractivity contribution in [3.05, 3.63) is 95.1 Å². The summed E-state index contributed by atoms with van der Waals surface area (Å²) in [5.41, 5.74) is 4.61. The third-order valence-corrected chi connectivity index (χ3v) is 7.73. The van der Waals surface area contributed by atoms with Gasteiger partial charge in [0.2, 0.25) is 5.91 Å². The van der Waals surface area contributed by atoms with Crippen LogP contribution in [0.1, 0.15) is 41.1 Å². The van der Waals surface area contributed by atoms with E-state index in [0.29, 0.717) is 5.69 Å². The molecule has 0 fully saturated rings. The van der Waals surface area contributed by atoms with Gasteiger partial charge >= 0.3 is 0 Å². The van der Waals surface area contributed by atoms with E-state index in [1.54, 1.807) is 30.3 Å². The highest BCUT2D eigenvalue weighted by Gasteiger charge is 2.30. The lowest BCUT2D eigenvalue weighted by atomic mass is 9.88. The Labute approximate surface area is 190 Å². The van der Waals surface area contributed by atoms with E-state index in [2.05, 4.69) is 11.4 Å². The van der Waals surface area contributed by atoms with E-state index >= 15 is 0 Å². The monoisotopic (exact) mass is 448 g/mol. The van der Waals surface area contributed by atoms with Gasteiger partial charge in [0.05, 0.1) is 16.6 Å². The van der Waals surface area contributed by atoms with Crippen LogP contribution in [0, 0.1) is 13.8 Å². The SMILES string of the molecule is Cc1ccc(C)c(N(CC(=O)NC2CCCc3ccccc32)S(=O)(=O)c2ccccc2)c1. The van der Waals surface area contributed by atoms with Crippen LogP contribution in [0.2, 0.25) is 0 Å². The zero-order chi connectivity index (χ0) is 22.7. The van der Waals surface area contributed by atoms with E-state index in [9.17, 15) is 13.2 Å². The molecule has 0 saturated heterocycles. The third kappa shape index (κ3) is 4.55. The largest absolute Gasteiger partial charge is 0.348 e. The van der Waals surface area contributed by atoms with Crippen molar-refractivity contribution in [1.29, 1.82) is 0 Å². The second kappa shape index (κ2) is 9.17. The van der Waals surface area contributed by atoms with Gasteiger partial charge in [-0.3, -0.25) is 9.10 Å².